The van der Waals surface area contributed by atoms with Gasteiger partial charge in [0.1, 0.15) is 5.60 Å². The van der Waals surface area contributed by atoms with E-state index in [4.69, 9.17) is 21.9 Å². The SMILES string of the molecule is CC(C)(C)OC(=O)Nc1ccc(CN=[N+]=[N-])c(Cl)c1. The molecule has 0 saturated heterocycles. The zero-order chi connectivity index (χ0) is 14.5. The van der Waals surface area contributed by atoms with Gasteiger partial charge in [0.25, 0.3) is 0 Å². The van der Waals surface area contributed by atoms with Crippen molar-refractivity contribution in [2.75, 3.05) is 5.32 Å². The molecule has 0 radical (unpaired) electrons. The molecule has 0 unspecified atom stereocenters. The summed E-state index contributed by atoms with van der Waals surface area (Å²) in [7, 11) is 0. The van der Waals surface area contributed by atoms with Crippen LogP contribution in [0.25, 0.3) is 10.4 Å². The Bertz CT molecular complexity index is 519. The maximum atomic E-state index is 11.6. The fourth-order valence-corrected chi connectivity index (χ4v) is 1.52. The monoisotopic (exact) mass is 282 g/mol. The summed E-state index contributed by atoms with van der Waals surface area (Å²) >= 11 is 6.01. The Hall–Kier alpha value is -1.91. The normalized spacial score (nSPS) is 10.5. The van der Waals surface area contributed by atoms with Gasteiger partial charge in [-0.2, -0.15) is 0 Å². The van der Waals surface area contributed by atoms with Gasteiger partial charge >= 0.3 is 6.09 Å². The molecule has 0 saturated carbocycles. The summed E-state index contributed by atoms with van der Waals surface area (Å²) in [4.78, 5) is 14.2. The van der Waals surface area contributed by atoms with Crippen molar-refractivity contribution in [3.8, 4) is 0 Å². The zero-order valence-electron chi connectivity index (χ0n) is 11.0. The summed E-state index contributed by atoms with van der Waals surface area (Å²) in [5, 5.41) is 6.42. The minimum Gasteiger partial charge on any atom is -0.444 e. The lowest BCUT2D eigenvalue weighted by Crippen LogP contribution is -2.27. The van der Waals surface area contributed by atoms with Gasteiger partial charge in [-0.1, -0.05) is 22.8 Å². The van der Waals surface area contributed by atoms with Gasteiger partial charge < -0.3 is 4.74 Å². The van der Waals surface area contributed by atoms with Crippen LogP contribution in [0.4, 0.5) is 10.5 Å². The third-order valence-electron chi connectivity index (χ3n) is 2.00. The van der Waals surface area contributed by atoms with E-state index in [1.54, 1.807) is 39.0 Å². The van der Waals surface area contributed by atoms with E-state index in [9.17, 15) is 4.79 Å². The second-order valence-corrected chi connectivity index (χ2v) is 5.23. The lowest BCUT2D eigenvalue weighted by molar-refractivity contribution is 0.0636. The summed E-state index contributed by atoms with van der Waals surface area (Å²) in [5.41, 5.74) is 8.89. The quantitative estimate of drug-likeness (QED) is 0.503. The number of halogens is 1. The molecule has 1 aromatic carbocycles. The molecule has 6 nitrogen and oxygen atoms in total. The molecule has 0 heterocycles. The number of nitrogens with one attached hydrogen (secondary N) is 1. The molecule has 1 rings (SSSR count). The fraction of sp³-hybridized carbons (Fsp3) is 0.417. The topological polar surface area (TPSA) is 87.1 Å². The van der Waals surface area contributed by atoms with Crippen molar-refractivity contribution in [3.63, 3.8) is 0 Å². The number of benzene rings is 1. The molecule has 102 valence electrons. The minimum absolute atomic E-state index is 0.169. The van der Waals surface area contributed by atoms with Crippen LogP contribution in [0.3, 0.4) is 0 Å². The van der Waals surface area contributed by atoms with Gasteiger partial charge in [-0.3, -0.25) is 5.32 Å². The van der Waals surface area contributed by atoms with E-state index in [1.165, 1.54) is 0 Å². The minimum atomic E-state index is -0.560. The number of amides is 1. The Balaban J connectivity index is 2.73. The highest BCUT2D eigenvalue weighted by atomic mass is 35.5. The van der Waals surface area contributed by atoms with Crippen molar-refractivity contribution in [1.82, 2.24) is 0 Å². The maximum Gasteiger partial charge on any atom is 0.412 e. The molecule has 19 heavy (non-hydrogen) atoms. The van der Waals surface area contributed by atoms with Crippen molar-refractivity contribution in [3.05, 3.63) is 39.2 Å². The van der Waals surface area contributed by atoms with Crippen LogP contribution in [0.15, 0.2) is 23.3 Å². The lowest BCUT2D eigenvalue weighted by atomic mass is 10.2. The summed E-state index contributed by atoms with van der Waals surface area (Å²) in [6.07, 6.45) is -0.550. The summed E-state index contributed by atoms with van der Waals surface area (Å²) in [6.45, 7) is 5.51. The van der Waals surface area contributed by atoms with Crippen molar-refractivity contribution in [2.45, 2.75) is 32.9 Å². The van der Waals surface area contributed by atoms with Crippen molar-refractivity contribution < 1.29 is 9.53 Å². The van der Waals surface area contributed by atoms with E-state index in [0.717, 1.165) is 0 Å². The average Bonchev–Trinajstić information content (AvgIpc) is 2.25. The van der Waals surface area contributed by atoms with Gasteiger partial charge in [0.2, 0.25) is 0 Å². The number of carbonyl (C=O) groups excluding carboxylic acids is 1. The Morgan fingerprint density at radius 1 is 1.53 bits per heavy atom. The van der Waals surface area contributed by atoms with Crippen LogP contribution in [0.1, 0.15) is 26.3 Å². The third kappa shape index (κ3) is 5.50. The van der Waals surface area contributed by atoms with Crippen LogP contribution >= 0.6 is 11.6 Å². The summed E-state index contributed by atoms with van der Waals surface area (Å²) in [6, 6.07) is 4.93. The Morgan fingerprint density at radius 2 is 2.21 bits per heavy atom. The van der Waals surface area contributed by atoms with E-state index in [0.29, 0.717) is 16.3 Å². The molecule has 0 aliphatic rings. The molecule has 0 aliphatic heterocycles. The summed E-state index contributed by atoms with van der Waals surface area (Å²) < 4.78 is 5.12. The zero-order valence-corrected chi connectivity index (χ0v) is 11.7. The second-order valence-electron chi connectivity index (χ2n) is 4.82. The van der Waals surface area contributed by atoms with E-state index in [-0.39, 0.29) is 6.54 Å². The first kappa shape index (κ1) is 15.1. The molecule has 1 aromatic rings. The van der Waals surface area contributed by atoms with E-state index in [1.807, 2.05) is 0 Å². The molecule has 0 fully saturated rings. The number of rotatable bonds is 3. The largest absolute Gasteiger partial charge is 0.444 e. The Morgan fingerprint density at radius 3 is 2.74 bits per heavy atom. The number of nitrogens with zero attached hydrogens (tertiary/aromatic N) is 3. The first-order valence-corrected chi connectivity index (χ1v) is 5.99. The van der Waals surface area contributed by atoms with Gasteiger partial charge in [-0.05, 0) is 44.0 Å². The van der Waals surface area contributed by atoms with E-state index in [2.05, 4.69) is 15.3 Å². The Kier molecular flexibility index (Phi) is 5.03. The van der Waals surface area contributed by atoms with Crippen LogP contribution < -0.4 is 5.32 Å². The number of ether oxygens (including phenoxy) is 1. The van der Waals surface area contributed by atoms with Crippen molar-refractivity contribution in [2.24, 2.45) is 5.11 Å². The second kappa shape index (κ2) is 6.31. The molecule has 0 aromatic heterocycles. The van der Waals surface area contributed by atoms with Crippen molar-refractivity contribution in [1.29, 1.82) is 0 Å². The van der Waals surface area contributed by atoms with Crippen LogP contribution in [0.2, 0.25) is 5.02 Å². The Labute approximate surface area is 116 Å². The van der Waals surface area contributed by atoms with Gasteiger partial charge in [0, 0.05) is 15.6 Å². The van der Waals surface area contributed by atoms with Crippen molar-refractivity contribution >= 4 is 23.4 Å². The molecule has 7 heteroatoms. The maximum absolute atomic E-state index is 11.6. The van der Waals surface area contributed by atoms with Gasteiger partial charge in [0.15, 0.2) is 0 Å². The van der Waals surface area contributed by atoms with Crippen LogP contribution in [0, 0.1) is 0 Å². The first-order chi connectivity index (χ1) is 8.81. The fourth-order valence-electron chi connectivity index (χ4n) is 1.28. The molecule has 0 aliphatic carbocycles. The van der Waals surface area contributed by atoms with E-state index >= 15 is 0 Å². The predicted octanol–water partition coefficient (Wildman–Crippen LogP) is 4.50. The molecule has 1 N–H and O–H groups in total. The lowest BCUT2D eigenvalue weighted by Gasteiger charge is -2.19. The number of carbonyl (C=O) groups is 1. The molecule has 0 atom stereocenters. The standard InChI is InChI=1S/C12H15ClN4O2/c1-12(2,3)19-11(18)16-9-5-4-8(7-15-17-14)10(13)6-9/h4-6H,7H2,1-3H3,(H,16,18). The highest BCUT2D eigenvalue weighted by Gasteiger charge is 2.16. The molecular weight excluding hydrogens is 268 g/mol. The average molecular weight is 283 g/mol. The summed E-state index contributed by atoms with van der Waals surface area (Å²) in [5.74, 6) is 0. The number of anilines is 1. The smallest absolute Gasteiger partial charge is 0.412 e. The van der Waals surface area contributed by atoms with Gasteiger partial charge in [0.05, 0.1) is 6.54 Å². The number of hydrogen-bond acceptors (Lipinski definition) is 3. The molecule has 0 bridgehead atoms. The molecular formula is C12H15ClN4O2. The number of hydrogen-bond donors (Lipinski definition) is 1. The number of azide groups is 1. The molecule has 0 spiro atoms. The predicted molar refractivity (Wildman–Crippen MR) is 74.2 cm³/mol. The van der Waals surface area contributed by atoms with Gasteiger partial charge in [-0.15, -0.1) is 0 Å². The van der Waals surface area contributed by atoms with Crippen LogP contribution in [0.5, 0.6) is 0 Å². The third-order valence-corrected chi connectivity index (χ3v) is 2.35. The highest BCUT2D eigenvalue weighted by Crippen LogP contribution is 2.22. The van der Waals surface area contributed by atoms with Gasteiger partial charge in [-0.25, -0.2) is 4.79 Å². The molecule has 1 amide bonds. The first-order valence-electron chi connectivity index (χ1n) is 5.61. The van der Waals surface area contributed by atoms with E-state index < -0.39 is 11.7 Å². The van der Waals surface area contributed by atoms with Crippen LogP contribution in [-0.2, 0) is 11.3 Å². The van der Waals surface area contributed by atoms with Crippen LogP contribution in [-0.4, -0.2) is 11.7 Å². The highest BCUT2D eigenvalue weighted by molar-refractivity contribution is 6.31.